The van der Waals surface area contributed by atoms with Crippen molar-refractivity contribution in [3.63, 3.8) is 0 Å². The van der Waals surface area contributed by atoms with Gasteiger partial charge in [0.15, 0.2) is 0 Å². The summed E-state index contributed by atoms with van der Waals surface area (Å²) in [6.45, 7) is 0.160. The second-order valence-electron chi connectivity index (χ2n) is 5.95. The Kier molecular flexibility index (Phi) is 4.27. The zero-order valence-corrected chi connectivity index (χ0v) is 13.7. The van der Waals surface area contributed by atoms with Crippen LogP contribution in [0.2, 0.25) is 10.0 Å². The van der Waals surface area contributed by atoms with Gasteiger partial charge in [-0.3, -0.25) is 9.59 Å². The van der Waals surface area contributed by atoms with Gasteiger partial charge in [-0.25, -0.2) is 0 Å². The molecular formula is C15H16Cl2N2O4. The van der Waals surface area contributed by atoms with Crippen LogP contribution in [0.15, 0.2) is 12.1 Å². The van der Waals surface area contributed by atoms with Gasteiger partial charge in [0.2, 0.25) is 11.8 Å². The molecule has 2 aliphatic rings. The molecule has 0 bridgehead atoms. The maximum atomic E-state index is 12.5. The lowest BCUT2D eigenvalue weighted by Gasteiger charge is -2.23. The molecule has 1 fully saturated rings. The fourth-order valence-corrected chi connectivity index (χ4v) is 3.56. The minimum absolute atomic E-state index is 0.164. The Morgan fingerprint density at radius 3 is 2.78 bits per heavy atom. The normalized spacial score (nSPS) is 24.0. The first kappa shape index (κ1) is 16.5. The van der Waals surface area contributed by atoms with Crippen molar-refractivity contribution < 1.29 is 19.8 Å². The summed E-state index contributed by atoms with van der Waals surface area (Å²) in [5, 5.41) is 21.8. The summed E-state index contributed by atoms with van der Waals surface area (Å²) in [7, 11) is 0. The molecule has 124 valence electrons. The van der Waals surface area contributed by atoms with E-state index < -0.39 is 18.1 Å². The molecule has 23 heavy (non-hydrogen) atoms. The third kappa shape index (κ3) is 2.70. The number of hydrogen-bond donors (Lipinski definition) is 3. The molecule has 1 saturated heterocycles. The number of fused-ring (bicyclic) bond motifs is 2. The van der Waals surface area contributed by atoms with Crippen molar-refractivity contribution in [2.24, 2.45) is 0 Å². The highest BCUT2D eigenvalue weighted by Crippen LogP contribution is 2.46. The summed E-state index contributed by atoms with van der Waals surface area (Å²) in [5.41, 5.74) is 0.535. The fraction of sp³-hybridized carbons (Fsp3) is 0.467. The van der Waals surface area contributed by atoms with Gasteiger partial charge in [-0.15, -0.1) is 0 Å². The fourth-order valence-electron chi connectivity index (χ4n) is 3.23. The Balaban J connectivity index is 1.86. The number of hydrogen-bond acceptors (Lipinski definition) is 4. The van der Waals surface area contributed by atoms with Crippen LogP contribution in [0.5, 0.6) is 0 Å². The SMILES string of the molecule is O=C(C[C@@H](O)CO)N1CC[C@]2(C1)C(=O)Nc1cc(Cl)c(Cl)cc12. The summed E-state index contributed by atoms with van der Waals surface area (Å²) in [6.07, 6.45) is -0.773. The van der Waals surface area contributed by atoms with Crippen LogP contribution in [-0.2, 0) is 15.0 Å². The molecule has 0 unspecified atom stereocenters. The maximum absolute atomic E-state index is 12.5. The number of rotatable bonds is 3. The quantitative estimate of drug-likeness (QED) is 0.756. The van der Waals surface area contributed by atoms with Crippen LogP contribution in [0, 0.1) is 0 Å². The number of halogens is 2. The van der Waals surface area contributed by atoms with E-state index in [0.29, 0.717) is 28.7 Å². The van der Waals surface area contributed by atoms with Crippen LogP contribution in [0.25, 0.3) is 0 Å². The average molecular weight is 359 g/mol. The molecule has 8 heteroatoms. The largest absolute Gasteiger partial charge is 0.394 e. The van der Waals surface area contributed by atoms with Crippen molar-refractivity contribution in [3.05, 3.63) is 27.7 Å². The van der Waals surface area contributed by atoms with E-state index in [-0.39, 0.29) is 24.8 Å². The minimum atomic E-state index is -1.09. The topological polar surface area (TPSA) is 89.9 Å². The van der Waals surface area contributed by atoms with Gasteiger partial charge in [-0.1, -0.05) is 23.2 Å². The van der Waals surface area contributed by atoms with Crippen LogP contribution in [-0.4, -0.2) is 52.7 Å². The molecule has 0 aliphatic carbocycles. The molecule has 2 amide bonds. The molecule has 6 nitrogen and oxygen atoms in total. The average Bonchev–Trinajstić information content (AvgIpc) is 3.06. The first-order valence-corrected chi connectivity index (χ1v) is 8.00. The van der Waals surface area contributed by atoms with Gasteiger partial charge in [0.25, 0.3) is 0 Å². The molecule has 3 N–H and O–H groups in total. The number of benzene rings is 1. The number of likely N-dealkylation sites (tertiary alicyclic amines) is 1. The van der Waals surface area contributed by atoms with E-state index in [1.807, 2.05) is 0 Å². The Hall–Kier alpha value is -1.34. The monoisotopic (exact) mass is 358 g/mol. The number of anilines is 1. The van der Waals surface area contributed by atoms with Crippen molar-refractivity contribution in [1.82, 2.24) is 4.90 Å². The van der Waals surface area contributed by atoms with Crippen LogP contribution in [0.1, 0.15) is 18.4 Å². The number of carbonyl (C=O) groups excluding carboxylic acids is 2. The third-order valence-corrected chi connectivity index (χ3v) is 5.22. The maximum Gasteiger partial charge on any atom is 0.237 e. The first-order valence-electron chi connectivity index (χ1n) is 7.25. The van der Waals surface area contributed by atoms with Crippen molar-refractivity contribution in [3.8, 4) is 0 Å². The van der Waals surface area contributed by atoms with Crippen LogP contribution in [0.3, 0.4) is 0 Å². The number of nitrogens with zero attached hydrogens (tertiary/aromatic N) is 1. The Morgan fingerprint density at radius 2 is 2.09 bits per heavy atom. The third-order valence-electron chi connectivity index (χ3n) is 4.50. The predicted octanol–water partition coefficient (Wildman–Crippen LogP) is 1.16. The number of carbonyl (C=O) groups is 2. The van der Waals surface area contributed by atoms with E-state index in [9.17, 15) is 14.7 Å². The summed E-state index contributed by atoms with van der Waals surface area (Å²) in [6, 6.07) is 3.29. The lowest BCUT2D eigenvalue weighted by Crippen LogP contribution is -2.40. The highest BCUT2D eigenvalue weighted by molar-refractivity contribution is 6.42. The van der Waals surface area contributed by atoms with Crippen molar-refractivity contribution >= 4 is 40.7 Å². The zero-order valence-electron chi connectivity index (χ0n) is 12.2. The summed E-state index contributed by atoms with van der Waals surface area (Å²) in [4.78, 5) is 26.2. The molecule has 0 saturated carbocycles. The summed E-state index contributed by atoms with van der Waals surface area (Å²) < 4.78 is 0. The van der Waals surface area contributed by atoms with Crippen LogP contribution in [0.4, 0.5) is 5.69 Å². The summed E-state index contributed by atoms with van der Waals surface area (Å²) in [5.74, 6) is -0.464. The number of aliphatic hydroxyl groups excluding tert-OH is 2. The Bertz CT molecular complexity index is 682. The highest BCUT2D eigenvalue weighted by atomic mass is 35.5. The Morgan fingerprint density at radius 1 is 1.39 bits per heavy atom. The van der Waals surface area contributed by atoms with Gasteiger partial charge in [-0.2, -0.15) is 0 Å². The van der Waals surface area contributed by atoms with Crippen LogP contribution < -0.4 is 5.32 Å². The molecular weight excluding hydrogens is 343 g/mol. The smallest absolute Gasteiger partial charge is 0.237 e. The van der Waals surface area contributed by atoms with Gasteiger partial charge < -0.3 is 20.4 Å². The summed E-state index contributed by atoms with van der Waals surface area (Å²) >= 11 is 12.1. The lowest BCUT2D eigenvalue weighted by molar-refractivity contribution is -0.133. The molecule has 1 spiro atoms. The molecule has 2 aliphatic heterocycles. The Labute approximate surface area is 143 Å². The van der Waals surface area contributed by atoms with E-state index in [4.69, 9.17) is 28.3 Å². The molecule has 2 atom stereocenters. The second kappa shape index (κ2) is 5.94. The lowest BCUT2D eigenvalue weighted by atomic mass is 9.81. The molecule has 3 rings (SSSR count). The molecule has 0 aromatic heterocycles. The first-order chi connectivity index (χ1) is 10.9. The van der Waals surface area contributed by atoms with Crippen LogP contribution >= 0.6 is 23.2 Å². The van der Waals surface area contributed by atoms with Gasteiger partial charge in [0.1, 0.15) is 0 Å². The van der Waals surface area contributed by atoms with E-state index in [2.05, 4.69) is 5.32 Å². The number of nitrogens with one attached hydrogen (secondary N) is 1. The van der Waals surface area contributed by atoms with Gasteiger partial charge in [0, 0.05) is 18.8 Å². The van der Waals surface area contributed by atoms with Crippen molar-refractivity contribution in [1.29, 1.82) is 0 Å². The van der Waals surface area contributed by atoms with E-state index in [1.54, 1.807) is 12.1 Å². The van der Waals surface area contributed by atoms with Crippen molar-refractivity contribution in [2.45, 2.75) is 24.4 Å². The second-order valence-corrected chi connectivity index (χ2v) is 6.77. The highest BCUT2D eigenvalue weighted by Gasteiger charge is 2.52. The number of amides is 2. The van der Waals surface area contributed by atoms with Gasteiger partial charge in [-0.05, 0) is 24.1 Å². The van der Waals surface area contributed by atoms with E-state index in [1.165, 1.54) is 4.90 Å². The molecule has 1 aromatic rings. The number of aliphatic hydroxyl groups is 2. The molecule has 1 aromatic carbocycles. The molecule has 2 heterocycles. The predicted molar refractivity (Wildman–Crippen MR) is 85.7 cm³/mol. The molecule has 0 radical (unpaired) electrons. The zero-order chi connectivity index (χ0) is 16.8. The van der Waals surface area contributed by atoms with E-state index in [0.717, 1.165) is 5.56 Å². The van der Waals surface area contributed by atoms with Gasteiger partial charge >= 0.3 is 0 Å². The minimum Gasteiger partial charge on any atom is -0.394 e. The van der Waals surface area contributed by atoms with Gasteiger partial charge in [0.05, 0.1) is 34.6 Å². The standard InChI is InChI=1S/C15H16Cl2N2O4/c16-10-4-9-12(5-11(10)17)18-14(23)15(9)1-2-19(7-15)13(22)3-8(21)6-20/h4-5,8,20-21H,1-3,6-7H2,(H,18,23)/t8-,15-/m1/s1. The van der Waals surface area contributed by atoms with Crippen molar-refractivity contribution in [2.75, 3.05) is 25.0 Å². The van der Waals surface area contributed by atoms with E-state index >= 15 is 0 Å².